The van der Waals surface area contributed by atoms with E-state index in [9.17, 15) is 4.79 Å². The number of amides is 1. The Morgan fingerprint density at radius 3 is 2.55 bits per heavy atom. The highest BCUT2D eigenvalue weighted by molar-refractivity contribution is 5.95. The van der Waals surface area contributed by atoms with E-state index in [-0.39, 0.29) is 5.91 Å². The highest BCUT2D eigenvalue weighted by Crippen LogP contribution is 2.29. The number of carbonyl (C=O) groups excluding carboxylic acids is 1. The van der Waals surface area contributed by atoms with Gasteiger partial charge in [-0.1, -0.05) is 13.3 Å². The van der Waals surface area contributed by atoms with Crippen LogP contribution in [-0.2, 0) is 0 Å². The number of unbranched alkanes of at least 4 members (excludes halogenated alkanes) is 1. The van der Waals surface area contributed by atoms with Gasteiger partial charge in [0.25, 0.3) is 5.91 Å². The fourth-order valence-corrected chi connectivity index (χ4v) is 1.79. The van der Waals surface area contributed by atoms with E-state index >= 15 is 0 Å². The topological polar surface area (TPSA) is 73.6 Å². The molecule has 0 aliphatic carbocycles. The van der Waals surface area contributed by atoms with Gasteiger partial charge in [0.05, 0.1) is 13.2 Å². The van der Waals surface area contributed by atoms with Crippen molar-refractivity contribution in [2.75, 3.05) is 19.8 Å². The summed E-state index contributed by atoms with van der Waals surface area (Å²) in [6, 6.07) is 5.24. The van der Waals surface area contributed by atoms with Crippen LogP contribution >= 0.6 is 0 Å². The van der Waals surface area contributed by atoms with E-state index in [0.717, 1.165) is 12.8 Å². The van der Waals surface area contributed by atoms with E-state index in [0.29, 0.717) is 36.8 Å². The first-order valence-electron chi connectivity index (χ1n) is 7.85. The van der Waals surface area contributed by atoms with Crippen LogP contribution in [0.2, 0.25) is 0 Å². The summed E-state index contributed by atoms with van der Waals surface area (Å²) in [6.07, 6.45) is 2.05. The summed E-state index contributed by atoms with van der Waals surface area (Å²) in [6.45, 7) is 9.31. The lowest BCUT2D eigenvalue weighted by atomic mass is 10.1. The Morgan fingerprint density at radius 1 is 1.23 bits per heavy atom. The Balaban J connectivity index is 2.89. The van der Waals surface area contributed by atoms with E-state index in [2.05, 4.69) is 12.2 Å². The quantitative estimate of drug-likeness (QED) is 0.688. The number of benzene rings is 1. The molecule has 0 heterocycles. The second-order valence-electron chi connectivity index (χ2n) is 5.84. The fourth-order valence-electron chi connectivity index (χ4n) is 1.79. The van der Waals surface area contributed by atoms with E-state index in [4.69, 9.17) is 15.2 Å². The van der Waals surface area contributed by atoms with Crippen molar-refractivity contribution in [3.05, 3.63) is 23.8 Å². The molecule has 1 rings (SSSR count). The summed E-state index contributed by atoms with van der Waals surface area (Å²) in [4.78, 5) is 12.3. The minimum atomic E-state index is -0.445. The lowest BCUT2D eigenvalue weighted by molar-refractivity contribution is 0.0915. The van der Waals surface area contributed by atoms with Crippen LogP contribution < -0.4 is 20.5 Å². The van der Waals surface area contributed by atoms with Crippen molar-refractivity contribution < 1.29 is 14.3 Å². The van der Waals surface area contributed by atoms with Crippen LogP contribution in [0.25, 0.3) is 0 Å². The van der Waals surface area contributed by atoms with Crippen LogP contribution in [0, 0.1) is 0 Å². The number of ether oxygens (including phenoxy) is 2. The normalized spacial score (nSPS) is 11.1. The van der Waals surface area contributed by atoms with Gasteiger partial charge in [0.15, 0.2) is 11.5 Å². The Labute approximate surface area is 133 Å². The van der Waals surface area contributed by atoms with E-state index in [1.807, 2.05) is 20.8 Å². The molecule has 0 spiro atoms. The van der Waals surface area contributed by atoms with Crippen LogP contribution in [0.3, 0.4) is 0 Å². The molecule has 0 bridgehead atoms. The lowest BCUT2D eigenvalue weighted by Crippen LogP contribution is -2.48. The smallest absolute Gasteiger partial charge is 0.251 e. The maximum Gasteiger partial charge on any atom is 0.251 e. The molecule has 1 aromatic carbocycles. The molecule has 0 atom stereocenters. The summed E-state index contributed by atoms with van der Waals surface area (Å²) in [7, 11) is 0. The molecule has 0 saturated carbocycles. The number of hydrogen-bond acceptors (Lipinski definition) is 4. The first-order chi connectivity index (χ1) is 10.4. The van der Waals surface area contributed by atoms with Gasteiger partial charge < -0.3 is 20.5 Å². The second-order valence-corrected chi connectivity index (χ2v) is 5.84. The summed E-state index contributed by atoms with van der Waals surface area (Å²) in [5, 5.41) is 2.90. The monoisotopic (exact) mass is 308 g/mol. The van der Waals surface area contributed by atoms with Gasteiger partial charge in [-0.2, -0.15) is 0 Å². The Bertz CT molecular complexity index is 487. The summed E-state index contributed by atoms with van der Waals surface area (Å²) >= 11 is 0. The van der Waals surface area contributed by atoms with Gasteiger partial charge in [0.1, 0.15) is 0 Å². The Morgan fingerprint density at radius 2 is 1.95 bits per heavy atom. The lowest BCUT2D eigenvalue weighted by Gasteiger charge is -2.24. The molecule has 0 fully saturated rings. The van der Waals surface area contributed by atoms with Gasteiger partial charge in [-0.15, -0.1) is 0 Å². The summed E-state index contributed by atoms with van der Waals surface area (Å²) in [5.74, 6) is 1.10. The fraction of sp³-hybridized carbons (Fsp3) is 0.588. The third-order valence-corrected chi connectivity index (χ3v) is 3.22. The standard InChI is InChI=1S/C17H28N2O3/c1-5-7-10-22-14-9-8-13(11-15(14)21-6-2)16(20)19-17(3,4)12-18/h8-9,11H,5-7,10,12,18H2,1-4H3,(H,19,20). The van der Waals surface area contributed by atoms with Gasteiger partial charge in [0, 0.05) is 17.6 Å². The zero-order valence-corrected chi connectivity index (χ0v) is 14.1. The van der Waals surface area contributed by atoms with Crippen molar-refractivity contribution in [2.24, 2.45) is 5.73 Å². The highest BCUT2D eigenvalue weighted by atomic mass is 16.5. The molecule has 5 nitrogen and oxygen atoms in total. The van der Waals surface area contributed by atoms with Gasteiger partial charge in [-0.05, 0) is 45.4 Å². The minimum Gasteiger partial charge on any atom is -0.490 e. The number of nitrogens with one attached hydrogen (secondary N) is 1. The second kappa shape index (κ2) is 8.63. The molecule has 124 valence electrons. The molecular weight excluding hydrogens is 280 g/mol. The third kappa shape index (κ3) is 5.56. The zero-order chi connectivity index (χ0) is 16.6. The first kappa shape index (κ1) is 18.3. The van der Waals surface area contributed by atoms with Crippen LogP contribution in [0.4, 0.5) is 0 Å². The van der Waals surface area contributed by atoms with Gasteiger partial charge in [0.2, 0.25) is 0 Å². The van der Waals surface area contributed by atoms with Crippen LogP contribution in [-0.4, -0.2) is 31.2 Å². The van der Waals surface area contributed by atoms with Gasteiger partial charge >= 0.3 is 0 Å². The molecular formula is C17H28N2O3. The zero-order valence-electron chi connectivity index (χ0n) is 14.1. The average Bonchev–Trinajstić information content (AvgIpc) is 2.48. The van der Waals surface area contributed by atoms with Crippen molar-refractivity contribution in [3.8, 4) is 11.5 Å². The number of carbonyl (C=O) groups is 1. The Hall–Kier alpha value is -1.75. The molecule has 0 aliphatic heterocycles. The predicted molar refractivity (Wildman–Crippen MR) is 88.6 cm³/mol. The molecule has 1 amide bonds. The molecule has 0 aromatic heterocycles. The van der Waals surface area contributed by atoms with Crippen LogP contribution in [0.5, 0.6) is 11.5 Å². The third-order valence-electron chi connectivity index (χ3n) is 3.22. The molecule has 0 saturated heterocycles. The molecule has 22 heavy (non-hydrogen) atoms. The Kier molecular flexibility index (Phi) is 7.18. The number of hydrogen-bond donors (Lipinski definition) is 2. The maximum absolute atomic E-state index is 12.3. The molecule has 1 aromatic rings. The van der Waals surface area contributed by atoms with Crippen LogP contribution in [0.15, 0.2) is 18.2 Å². The number of nitrogens with two attached hydrogens (primary N) is 1. The first-order valence-corrected chi connectivity index (χ1v) is 7.85. The van der Waals surface area contributed by atoms with E-state index < -0.39 is 5.54 Å². The minimum absolute atomic E-state index is 0.170. The largest absolute Gasteiger partial charge is 0.490 e. The van der Waals surface area contributed by atoms with E-state index in [1.165, 1.54) is 0 Å². The summed E-state index contributed by atoms with van der Waals surface area (Å²) < 4.78 is 11.3. The molecule has 0 radical (unpaired) electrons. The molecule has 3 N–H and O–H groups in total. The summed E-state index contributed by atoms with van der Waals surface area (Å²) in [5.41, 5.74) is 5.73. The van der Waals surface area contributed by atoms with Crippen molar-refractivity contribution in [3.63, 3.8) is 0 Å². The van der Waals surface area contributed by atoms with Crippen molar-refractivity contribution in [1.29, 1.82) is 0 Å². The van der Waals surface area contributed by atoms with Crippen LogP contribution in [0.1, 0.15) is 50.9 Å². The molecule has 5 heteroatoms. The predicted octanol–water partition coefficient (Wildman–Crippen LogP) is 2.73. The highest BCUT2D eigenvalue weighted by Gasteiger charge is 2.20. The van der Waals surface area contributed by atoms with Crippen molar-refractivity contribution >= 4 is 5.91 Å². The maximum atomic E-state index is 12.3. The molecule has 0 aliphatic rings. The average molecular weight is 308 g/mol. The van der Waals surface area contributed by atoms with E-state index in [1.54, 1.807) is 18.2 Å². The van der Waals surface area contributed by atoms with Crippen molar-refractivity contribution in [2.45, 2.75) is 46.1 Å². The number of rotatable bonds is 9. The van der Waals surface area contributed by atoms with Gasteiger partial charge in [-0.25, -0.2) is 0 Å². The van der Waals surface area contributed by atoms with Gasteiger partial charge in [-0.3, -0.25) is 4.79 Å². The SMILES string of the molecule is CCCCOc1ccc(C(=O)NC(C)(C)CN)cc1OCC. The molecule has 0 unspecified atom stereocenters. The van der Waals surface area contributed by atoms with Crippen molar-refractivity contribution in [1.82, 2.24) is 5.32 Å².